The van der Waals surface area contributed by atoms with Gasteiger partial charge in [-0.15, -0.1) is 24.0 Å². The van der Waals surface area contributed by atoms with E-state index in [-0.39, 0.29) is 30.5 Å². The van der Waals surface area contributed by atoms with Crippen LogP contribution in [0.3, 0.4) is 0 Å². The molecule has 5 nitrogen and oxygen atoms in total. The van der Waals surface area contributed by atoms with Gasteiger partial charge >= 0.3 is 6.18 Å². The van der Waals surface area contributed by atoms with E-state index >= 15 is 0 Å². The van der Waals surface area contributed by atoms with Gasteiger partial charge in [-0.1, -0.05) is 0 Å². The largest absolute Gasteiger partial charge is 0.390 e. The summed E-state index contributed by atoms with van der Waals surface area (Å²) in [5.41, 5.74) is 1.01. The molecule has 0 amide bonds. The topological polar surface area (TPSA) is 52.6 Å². The minimum atomic E-state index is -4.17. The third kappa shape index (κ3) is 7.10. The fraction of sp³-hybridized carbons (Fsp3) is 0.600. The maximum absolute atomic E-state index is 12.1. The molecule has 0 aliphatic carbocycles. The van der Waals surface area contributed by atoms with Crippen LogP contribution in [0.5, 0.6) is 0 Å². The van der Waals surface area contributed by atoms with Gasteiger partial charge in [0.05, 0.1) is 6.42 Å². The average Bonchev–Trinajstić information content (AvgIpc) is 3.04. The first-order chi connectivity index (χ1) is 11.0. The SMILES string of the molecule is CN=C(NCCC(F)(F)F)NCc1ccnc(N2CCCC2)c1.I. The van der Waals surface area contributed by atoms with Crippen molar-refractivity contribution in [3.8, 4) is 0 Å². The molecule has 136 valence electrons. The van der Waals surface area contributed by atoms with E-state index in [0.717, 1.165) is 24.5 Å². The zero-order valence-electron chi connectivity index (χ0n) is 13.6. The lowest BCUT2D eigenvalue weighted by Crippen LogP contribution is -2.38. The lowest BCUT2D eigenvalue weighted by atomic mass is 10.2. The molecule has 0 radical (unpaired) electrons. The monoisotopic (exact) mass is 457 g/mol. The molecule has 24 heavy (non-hydrogen) atoms. The summed E-state index contributed by atoms with van der Waals surface area (Å²) >= 11 is 0. The summed E-state index contributed by atoms with van der Waals surface area (Å²) in [6.45, 7) is 2.32. The Labute approximate surface area is 157 Å². The van der Waals surface area contributed by atoms with Gasteiger partial charge in [-0.05, 0) is 30.5 Å². The van der Waals surface area contributed by atoms with Crippen molar-refractivity contribution in [2.75, 3.05) is 31.6 Å². The van der Waals surface area contributed by atoms with Crippen LogP contribution in [0.1, 0.15) is 24.8 Å². The molecule has 0 unspecified atom stereocenters. The highest BCUT2D eigenvalue weighted by Gasteiger charge is 2.26. The van der Waals surface area contributed by atoms with Crippen LogP contribution < -0.4 is 15.5 Å². The molecule has 0 bridgehead atoms. The zero-order valence-corrected chi connectivity index (χ0v) is 15.9. The Morgan fingerprint density at radius 2 is 2.00 bits per heavy atom. The maximum Gasteiger partial charge on any atom is 0.390 e. The molecule has 2 heterocycles. The quantitative estimate of drug-likeness (QED) is 0.406. The van der Waals surface area contributed by atoms with E-state index in [9.17, 15) is 13.2 Å². The molecular formula is C15H23F3IN5. The number of hydrogen-bond donors (Lipinski definition) is 2. The van der Waals surface area contributed by atoms with E-state index in [4.69, 9.17) is 0 Å². The van der Waals surface area contributed by atoms with E-state index in [1.165, 1.54) is 19.9 Å². The third-order valence-corrected chi connectivity index (χ3v) is 3.62. The Morgan fingerprint density at radius 1 is 1.29 bits per heavy atom. The number of nitrogens with one attached hydrogen (secondary N) is 2. The Morgan fingerprint density at radius 3 is 2.62 bits per heavy atom. The first-order valence-electron chi connectivity index (χ1n) is 7.69. The van der Waals surface area contributed by atoms with Gasteiger partial charge in [-0.25, -0.2) is 4.98 Å². The van der Waals surface area contributed by atoms with E-state index in [1.54, 1.807) is 6.20 Å². The minimum Gasteiger partial charge on any atom is -0.357 e. The first-order valence-corrected chi connectivity index (χ1v) is 7.69. The molecule has 9 heteroatoms. The van der Waals surface area contributed by atoms with Crippen molar-refractivity contribution in [1.82, 2.24) is 15.6 Å². The van der Waals surface area contributed by atoms with Crippen LogP contribution in [0.4, 0.5) is 19.0 Å². The summed E-state index contributed by atoms with van der Waals surface area (Å²) in [5, 5.41) is 5.67. The van der Waals surface area contributed by atoms with E-state index < -0.39 is 12.6 Å². The molecular weight excluding hydrogens is 434 g/mol. The molecule has 2 rings (SSSR count). The van der Waals surface area contributed by atoms with Gasteiger partial charge in [-0.3, -0.25) is 4.99 Å². The predicted octanol–water partition coefficient (Wildman–Crippen LogP) is 2.92. The van der Waals surface area contributed by atoms with Crippen LogP contribution in [0.15, 0.2) is 23.3 Å². The summed E-state index contributed by atoms with van der Waals surface area (Å²) < 4.78 is 36.4. The lowest BCUT2D eigenvalue weighted by molar-refractivity contribution is -0.132. The van der Waals surface area contributed by atoms with Gasteiger partial charge in [0, 0.05) is 39.4 Å². The molecule has 2 N–H and O–H groups in total. The summed E-state index contributed by atoms with van der Waals surface area (Å²) in [5.74, 6) is 1.30. The van der Waals surface area contributed by atoms with Gasteiger partial charge in [0.1, 0.15) is 5.82 Å². The number of pyridine rings is 1. The summed E-state index contributed by atoms with van der Waals surface area (Å²) in [6.07, 6.45) is -0.937. The Bertz CT molecular complexity index is 530. The second-order valence-corrected chi connectivity index (χ2v) is 5.43. The van der Waals surface area contributed by atoms with Gasteiger partial charge < -0.3 is 15.5 Å². The van der Waals surface area contributed by atoms with Crippen molar-refractivity contribution in [3.63, 3.8) is 0 Å². The minimum absolute atomic E-state index is 0. The van der Waals surface area contributed by atoms with Crippen LogP contribution >= 0.6 is 24.0 Å². The van der Waals surface area contributed by atoms with E-state index in [2.05, 4.69) is 25.5 Å². The molecule has 1 saturated heterocycles. The Balaban J connectivity index is 0.00000288. The summed E-state index contributed by atoms with van der Waals surface area (Å²) in [4.78, 5) is 10.5. The predicted molar refractivity (Wildman–Crippen MR) is 100.0 cm³/mol. The van der Waals surface area contributed by atoms with Crippen molar-refractivity contribution >= 4 is 35.8 Å². The number of hydrogen-bond acceptors (Lipinski definition) is 3. The highest BCUT2D eigenvalue weighted by Crippen LogP contribution is 2.19. The van der Waals surface area contributed by atoms with Crippen LogP contribution in [0.2, 0.25) is 0 Å². The molecule has 1 fully saturated rings. The normalized spacial score (nSPS) is 15.2. The summed E-state index contributed by atoms with van der Waals surface area (Å²) in [7, 11) is 1.53. The van der Waals surface area contributed by atoms with Crippen molar-refractivity contribution < 1.29 is 13.2 Å². The number of anilines is 1. The van der Waals surface area contributed by atoms with E-state index in [0.29, 0.717) is 12.5 Å². The standard InChI is InChI=1S/C15H22F3N5.HI/c1-19-14(21-7-5-15(16,17)18)22-11-12-4-6-20-13(10-12)23-8-2-3-9-23;/h4,6,10H,2-3,5,7-9,11H2,1H3,(H2,19,21,22);1H. The zero-order chi connectivity index (χ0) is 16.7. The maximum atomic E-state index is 12.1. The number of alkyl halides is 3. The lowest BCUT2D eigenvalue weighted by Gasteiger charge is -2.17. The molecule has 1 aromatic rings. The number of halogens is 4. The molecule has 0 spiro atoms. The van der Waals surface area contributed by atoms with Crippen molar-refractivity contribution in [3.05, 3.63) is 23.9 Å². The second kappa shape index (κ2) is 9.90. The number of guanidine groups is 1. The Kier molecular flexibility index (Phi) is 8.57. The fourth-order valence-electron chi connectivity index (χ4n) is 2.42. The molecule has 0 atom stereocenters. The first kappa shape index (κ1) is 20.8. The molecule has 1 aliphatic rings. The van der Waals surface area contributed by atoms with Crippen LogP contribution in [-0.2, 0) is 6.54 Å². The highest BCUT2D eigenvalue weighted by atomic mass is 127. The smallest absolute Gasteiger partial charge is 0.357 e. The molecule has 0 aromatic carbocycles. The molecule has 1 aromatic heterocycles. The van der Waals surface area contributed by atoms with Gasteiger partial charge in [-0.2, -0.15) is 13.2 Å². The average molecular weight is 457 g/mol. The number of aromatic nitrogens is 1. The van der Waals surface area contributed by atoms with E-state index in [1.807, 2.05) is 12.1 Å². The third-order valence-electron chi connectivity index (χ3n) is 3.62. The van der Waals surface area contributed by atoms with Crippen LogP contribution in [0, 0.1) is 0 Å². The number of aliphatic imine (C=N–C) groups is 1. The van der Waals surface area contributed by atoms with Crippen LogP contribution in [0.25, 0.3) is 0 Å². The highest BCUT2D eigenvalue weighted by molar-refractivity contribution is 14.0. The van der Waals surface area contributed by atoms with Crippen LogP contribution in [-0.4, -0.2) is 43.8 Å². The Hall–Kier alpha value is -1.26. The summed E-state index contributed by atoms with van der Waals surface area (Å²) in [6, 6.07) is 3.89. The number of nitrogens with zero attached hydrogens (tertiary/aromatic N) is 3. The van der Waals surface area contributed by atoms with Crippen molar-refractivity contribution in [1.29, 1.82) is 0 Å². The van der Waals surface area contributed by atoms with Crippen molar-refractivity contribution in [2.45, 2.75) is 32.0 Å². The van der Waals surface area contributed by atoms with Crippen molar-refractivity contribution in [2.24, 2.45) is 4.99 Å². The van der Waals surface area contributed by atoms with Gasteiger partial charge in [0.25, 0.3) is 0 Å². The second-order valence-electron chi connectivity index (χ2n) is 5.43. The van der Waals surface area contributed by atoms with Gasteiger partial charge in [0.2, 0.25) is 0 Å². The molecule has 1 aliphatic heterocycles. The fourth-order valence-corrected chi connectivity index (χ4v) is 2.42. The van der Waals surface area contributed by atoms with Gasteiger partial charge in [0.15, 0.2) is 5.96 Å². The molecule has 0 saturated carbocycles. The number of rotatable bonds is 5.